The van der Waals surface area contributed by atoms with Crippen LogP contribution in [0.3, 0.4) is 0 Å². The fourth-order valence-corrected chi connectivity index (χ4v) is 1.60. The molecule has 1 aromatic carbocycles. The van der Waals surface area contributed by atoms with Crippen molar-refractivity contribution >= 4 is 11.8 Å². The molecule has 0 fully saturated rings. The van der Waals surface area contributed by atoms with Gasteiger partial charge >= 0.3 is 5.97 Å². The number of esters is 1. The lowest BCUT2D eigenvalue weighted by Crippen LogP contribution is -2.18. The third-order valence-corrected chi connectivity index (χ3v) is 2.69. The SMILES string of the molecule is CCCCCOC(=O)C(=O)CCc1ccccc1. The molecule has 0 saturated carbocycles. The van der Waals surface area contributed by atoms with Crippen molar-refractivity contribution in [2.75, 3.05) is 6.61 Å². The van der Waals surface area contributed by atoms with Gasteiger partial charge in [0.05, 0.1) is 6.61 Å². The van der Waals surface area contributed by atoms with Crippen molar-refractivity contribution in [1.29, 1.82) is 0 Å². The van der Waals surface area contributed by atoms with Gasteiger partial charge < -0.3 is 4.74 Å². The fraction of sp³-hybridized carbons (Fsp3) is 0.467. The van der Waals surface area contributed by atoms with E-state index in [0.717, 1.165) is 24.8 Å². The first kappa shape index (κ1) is 14.4. The molecule has 0 bridgehead atoms. The molecule has 0 N–H and O–H groups in total. The second-order valence-electron chi connectivity index (χ2n) is 4.25. The lowest BCUT2D eigenvalue weighted by atomic mass is 10.1. The van der Waals surface area contributed by atoms with Crippen molar-refractivity contribution < 1.29 is 14.3 Å². The highest BCUT2D eigenvalue weighted by Crippen LogP contribution is 2.03. The Bertz CT molecular complexity index is 371. The molecule has 0 amide bonds. The van der Waals surface area contributed by atoms with Gasteiger partial charge in [0.25, 0.3) is 0 Å². The summed E-state index contributed by atoms with van der Waals surface area (Å²) in [5.41, 5.74) is 1.06. The van der Waals surface area contributed by atoms with E-state index in [4.69, 9.17) is 4.74 Å². The van der Waals surface area contributed by atoms with E-state index in [1.54, 1.807) is 0 Å². The van der Waals surface area contributed by atoms with E-state index in [1.165, 1.54) is 0 Å². The molecule has 18 heavy (non-hydrogen) atoms. The van der Waals surface area contributed by atoms with Crippen LogP contribution >= 0.6 is 0 Å². The van der Waals surface area contributed by atoms with Crippen LogP contribution < -0.4 is 0 Å². The van der Waals surface area contributed by atoms with Crippen LogP contribution in [-0.4, -0.2) is 18.4 Å². The molecule has 3 heteroatoms. The van der Waals surface area contributed by atoms with E-state index in [1.807, 2.05) is 30.3 Å². The van der Waals surface area contributed by atoms with Crippen molar-refractivity contribution in [1.82, 2.24) is 0 Å². The zero-order chi connectivity index (χ0) is 13.2. The van der Waals surface area contributed by atoms with Crippen LogP contribution in [0.5, 0.6) is 0 Å². The maximum absolute atomic E-state index is 11.5. The summed E-state index contributed by atoms with van der Waals surface area (Å²) in [5, 5.41) is 0. The minimum atomic E-state index is -0.693. The Labute approximate surface area is 108 Å². The number of rotatable bonds is 8. The van der Waals surface area contributed by atoms with Gasteiger partial charge in [-0.1, -0.05) is 50.1 Å². The molecule has 0 spiro atoms. The van der Waals surface area contributed by atoms with Crippen LogP contribution in [-0.2, 0) is 20.7 Å². The lowest BCUT2D eigenvalue weighted by Gasteiger charge is -2.03. The molecule has 0 atom stereocenters. The predicted molar refractivity (Wildman–Crippen MR) is 70.3 cm³/mol. The summed E-state index contributed by atoms with van der Waals surface area (Å²) < 4.78 is 4.91. The molecule has 0 aliphatic heterocycles. The highest BCUT2D eigenvalue weighted by atomic mass is 16.5. The smallest absolute Gasteiger partial charge is 0.374 e. The van der Waals surface area contributed by atoms with Crippen LogP contribution in [0.1, 0.15) is 38.2 Å². The summed E-state index contributed by atoms with van der Waals surface area (Å²) in [4.78, 5) is 22.9. The van der Waals surface area contributed by atoms with Crippen molar-refractivity contribution in [3.63, 3.8) is 0 Å². The minimum absolute atomic E-state index is 0.219. The lowest BCUT2D eigenvalue weighted by molar-refractivity contribution is -0.154. The van der Waals surface area contributed by atoms with Crippen molar-refractivity contribution in [2.45, 2.75) is 39.0 Å². The monoisotopic (exact) mass is 248 g/mol. The number of hydrogen-bond donors (Lipinski definition) is 0. The predicted octanol–water partition coefficient (Wildman–Crippen LogP) is 2.92. The number of hydrogen-bond acceptors (Lipinski definition) is 3. The molecule has 0 aliphatic carbocycles. The molecule has 1 rings (SSSR count). The highest BCUT2D eigenvalue weighted by Gasteiger charge is 2.14. The number of ketones is 1. The summed E-state index contributed by atoms with van der Waals surface area (Å²) in [6.45, 7) is 2.43. The molecule has 0 unspecified atom stereocenters. The molecule has 0 radical (unpaired) electrons. The van der Waals surface area contributed by atoms with Gasteiger partial charge in [0.2, 0.25) is 5.78 Å². The minimum Gasteiger partial charge on any atom is -0.460 e. The van der Waals surface area contributed by atoms with Gasteiger partial charge in [-0.2, -0.15) is 0 Å². The summed E-state index contributed by atoms with van der Waals surface area (Å²) in [6, 6.07) is 9.65. The third kappa shape index (κ3) is 5.62. The number of unbranched alkanes of at least 4 members (excludes halogenated alkanes) is 2. The Morgan fingerprint density at radius 1 is 1.11 bits per heavy atom. The Kier molecular flexibility index (Phi) is 6.77. The Morgan fingerprint density at radius 2 is 1.83 bits per heavy atom. The van der Waals surface area contributed by atoms with Crippen LogP contribution in [0.25, 0.3) is 0 Å². The van der Waals surface area contributed by atoms with E-state index in [-0.39, 0.29) is 6.42 Å². The van der Waals surface area contributed by atoms with Gasteiger partial charge in [-0.05, 0) is 18.4 Å². The number of Topliss-reactive ketones (excluding diaryl/α,β-unsaturated/α-hetero) is 1. The molecule has 1 aromatic rings. The first-order valence-corrected chi connectivity index (χ1v) is 6.48. The van der Waals surface area contributed by atoms with Gasteiger partial charge in [0, 0.05) is 6.42 Å². The maximum atomic E-state index is 11.5. The van der Waals surface area contributed by atoms with Crippen molar-refractivity contribution in [3.8, 4) is 0 Å². The summed E-state index contributed by atoms with van der Waals surface area (Å²) in [6.07, 6.45) is 3.72. The average Bonchev–Trinajstić information content (AvgIpc) is 2.42. The number of ether oxygens (including phenoxy) is 1. The number of carbonyl (C=O) groups is 2. The van der Waals surface area contributed by atoms with E-state index in [2.05, 4.69) is 6.92 Å². The third-order valence-electron chi connectivity index (χ3n) is 2.69. The molecule has 0 aliphatic rings. The molecule has 3 nitrogen and oxygen atoms in total. The van der Waals surface area contributed by atoms with E-state index < -0.39 is 11.8 Å². The zero-order valence-electron chi connectivity index (χ0n) is 10.9. The van der Waals surface area contributed by atoms with Gasteiger partial charge in [0.15, 0.2) is 0 Å². The molecular weight excluding hydrogens is 228 g/mol. The topological polar surface area (TPSA) is 43.4 Å². The molecular formula is C15H20O3. The Balaban J connectivity index is 2.22. The molecule has 98 valence electrons. The standard InChI is InChI=1S/C15H20O3/c1-2-3-7-12-18-15(17)14(16)11-10-13-8-5-4-6-9-13/h4-6,8-9H,2-3,7,10-12H2,1H3. The largest absolute Gasteiger partial charge is 0.460 e. The average molecular weight is 248 g/mol. The first-order valence-electron chi connectivity index (χ1n) is 6.48. The van der Waals surface area contributed by atoms with Crippen molar-refractivity contribution in [3.05, 3.63) is 35.9 Å². The summed E-state index contributed by atoms with van der Waals surface area (Å²) in [5.74, 6) is -1.13. The molecule has 0 heterocycles. The molecule has 0 saturated heterocycles. The maximum Gasteiger partial charge on any atom is 0.374 e. The second-order valence-corrected chi connectivity index (χ2v) is 4.25. The van der Waals surface area contributed by atoms with E-state index in [0.29, 0.717) is 13.0 Å². The van der Waals surface area contributed by atoms with Crippen molar-refractivity contribution in [2.24, 2.45) is 0 Å². The highest BCUT2D eigenvalue weighted by molar-refractivity contribution is 6.33. The van der Waals surface area contributed by atoms with Crippen LogP contribution in [0, 0.1) is 0 Å². The number of aryl methyl sites for hydroxylation is 1. The quantitative estimate of drug-likeness (QED) is 0.403. The van der Waals surface area contributed by atoms with Crippen LogP contribution in [0.4, 0.5) is 0 Å². The number of benzene rings is 1. The summed E-state index contributed by atoms with van der Waals surface area (Å²) >= 11 is 0. The van der Waals surface area contributed by atoms with Crippen LogP contribution in [0.15, 0.2) is 30.3 Å². The van der Waals surface area contributed by atoms with Gasteiger partial charge in [-0.25, -0.2) is 4.79 Å². The fourth-order valence-electron chi connectivity index (χ4n) is 1.60. The zero-order valence-corrected chi connectivity index (χ0v) is 10.9. The van der Waals surface area contributed by atoms with Gasteiger partial charge in [-0.3, -0.25) is 4.79 Å². The second kappa shape index (κ2) is 8.45. The number of carbonyl (C=O) groups excluding carboxylic acids is 2. The Hall–Kier alpha value is -1.64. The first-order chi connectivity index (χ1) is 8.74. The van der Waals surface area contributed by atoms with E-state index in [9.17, 15) is 9.59 Å². The van der Waals surface area contributed by atoms with Gasteiger partial charge in [-0.15, -0.1) is 0 Å². The van der Waals surface area contributed by atoms with E-state index >= 15 is 0 Å². The summed E-state index contributed by atoms with van der Waals surface area (Å²) in [7, 11) is 0. The molecule has 0 aromatic heterocycles. The Morgan fingerprint density at radius 3 is 2.50 bits per heavy atom. The van der Waals surface area contributed by atoms with Crippen LogP contribution in [0.2, 0.25) is 0 Å². The van der Waals surface area contributed by atoms with Gasteiger partial charge in [0.1, 0.15) is 0 Å². The normalized spacial score (nSPS) is 10.1.